The van der Waals surface area contributed by atoms with Crippen molar-refractivity contribution >= 4 is 23.1 Å². The standard InChI is InChI=1S/C30H21N3O4/c31-29(21-13-5-11-19-23(21)27(36)17-9-3-1-7-15(17)25(19)34)30(32,33)22-14-6-12-20-24(22)28(37)18-10-4-2-8-16(18)26(20)35/h1-14,29H,31-33H2. The first-order valence-electron chi connectivity index (χ1n) is 11.7. The molecule has 0 amide bonds. The molecule has 0 aliphatic heterocycles. The Kier molecular flexibility index (Phi) is 4.93. The molecule has 0 fully saturated rings. The van der Waals surface area contributed by atoms with E-state index >= 15 is 0 Å². The van der Waals surface area contributed by atoms with Gasteiger partial charge < -0.3 is 17.2 Å². The Hall–Kier alpha value is -4.56. The zero-order valence-corrected chi connectivity index (χ0v) is 19.5. The van der Waals surface area contributed by atoms with E-state index in [1.165, 1.54) is 0 Å². The molecule has 37 heavy (non-hydrogen) atoms. The second kappa shape index (κ2) is 7.97. The van der Waals surface area contributed by atoms with Gasteiger partial charge in [-0.1, -0.05) is 84.9 Å². The third-order valence-corrected chi connectivity index (χ3v) is 7.25. The van der Waals surface area contributed by atoms with Gasteiger partial charge in [-0.3, -0.25) is 19.2 Å². The van der Waals surface area contributed by atoms with Crippen LogP contribution < -0.4 is 17.2 Å². The van der Waals surface area contributed by atoms with Gasteiger partial charge in [-0.25, -0.2) is 0 Å². The summed E-state index contributed by atoms with van der Waals surface area (Å²) in [6.45, 7) is 0. The summed E-state index contributed by atoms with van der Waals surface area (Å²) in [5.41, 5.74) is 20.3. The predicted octanol–water partition coefficient (Wildman–Crippen LogP) is 3.01. The van der Waals surface area contributed by atoms with Gasteiger partial charge in [-0.15, -0.1) is 0 Å². The third kappa shape index (κ3) is 3.12. The lowest BCUT2D eigenvalue weighted by atomic mass is 9.75. The number of rotatable bonds is 3. The first-order chi connectivity index (χ1) is 17.7. The van der Waals surface area contributed by atoms with Gasteiger partial charge in [0.2, 0.25) is 0 Å². The molecule has 0 radical (unpaired) electrons. The molecule has 2 aliphatic carbocycles. The van der Waals surface area contributed by atoms with Crippen molar-refractivity contribution in [3.63, 3.8) is 0 Å². The van der Waals surface area contributed by atoms with E-state index in [9.17, 15) is 19.2 Å². The Morgan fingerprint density at radius 3 is 1.43 bits per heavy atom. The van der Waals surface area contributed by atoms with E-state index in [0.29, 0.717) is 11.1 Å². The molecule has 4 aromatic carbocycles. The summed E-state index contributed by atoms with van der Waals surface area (Å²) < 4.78 is 0. The molecule has 7 heteroatoms. The summed E-state index contributed by atoms with van der Waals surface area (Å²) in [6.07, 6.45) is 0. The average Bonchev–Trinajstić information content (AvgIpc) is 2.93. The van der Waals surface area contributed by atoms with Crippen molar-refractivity contribution < 1.29 is 19.2 Å². The van der Waals surface area contributed by atoms with E-state index in [4.69, 9.17) is 17.2 Å². The number of carbonyl (C=O) groups excluding carboxylic acids is 4. The zero-order valence-electron chi connectivity index (χ0n) is 19.5. The fourth-order valence-electron chi connectivity index (χ4n) is 5.36. The molecule has 1 unspecified atom stereocenters. The smallest absolute Gasteiger partial charge is 0.194 e. The van der Waals surface area contributed by atoms with Gasteiger partial charge in [0, 0.05) is 44.5 Å². The van der Waals surface area contributed by atoms with Gasteiger partial charge in [0.15, 0.2) is 23.1 Å². The van der Waals surface area contributed by atoms with Gasteiger partial charge in [0.05, 0.1) is 6.04 Å². The maximum absolute atomic E-state index is 13.5. The maximum Gasteiger partial charge on any atom is 0.194 e. The molecular weight excluding hydrogens is 466 g/mol. The lowest BCUT2D eigenvalue weighted by Gasteiger charge is -2.36. The van der Waals surface area contributed by atoms with E-state index < -0.39 is 11.7 Å². The number of hydrogen-bond donors (Lipinski definition) is 3. The minimum absolute atomic E-state index is 0.0872. The van der Waals surface area contributed by atoms with E-state index in [0.717, 1.165) is 0 Å². The Morgan fingerprint density at radius 1 is 0.486 bits per heavy atom. The molecule has 6 rings (SSSR count). The van der Waals surface area contributed by atoms with Crippen LogP contribution in [0.3, 0.4) is 0 Å². The van der Waals surface area contributed by atoms with E-state index in [1.54, 1.807) is 84.9 Å². The molecule has 4 aromatic rings. The minimum atomic E-state index is -1.87. The average molecular weight is 488 g/mol. The number of nitrogens with two attached hydrogens (primary N) is 3. The molecule has 6 N–H and O–H groups in total. The number of hydrogen-bond acceptors (Lipinski definition) is 7. The fraction of sp³-hybridized carbons (Fsp3) is 0.0667. The molecule has 0 spiro atoms. The largest absolute Gasteiger partial charge is 0.321 e. The molecule has 180 valence electrons. The van der Waals surface area contributed by atoms with E-state index in [2.05, 4.69) is 0 Å². The van der Waals surface area contributed by atoms with Crippen LogP contribution in [-0.2, 0) is 5.66 Å². The van der Waals surface area contributed by atoms with Crippen LogP contribution in [0.25, 0.3) is 0 Å². The van der Waals surface area contributed by atoms with Crippen molar-refractivity contribution in [3.05, 3.63) is 141 Å². The van der Waals surface area contributed by atoms with Crippen molar-refractivity contribution in [3.8, 4) is 0 Å². The first-order valence-corrected chi connectivity index (χ1v) is 11.7. The summed E-state index contributed by atoms with van der Waals surface area (Å²) in [7, 11) is 0. The number of carbonyl (C=O) groups is 4. The highest BCUT2D eigenvalue weighted by Crippen LogP contribution is 2.39. The van der Waals surface area contributed by atoms with Crippen molar-refractivity contribution in [2.75, 3.05) is 0 Å². The van der Waals surface area contributed by atoms with E-state index in [1.807, 2.05) is 0 Å². The molecule has 0 aromatic heterocycles. The van der Waals surface area contributed by atoms with Crippen LogP contribution in [-0.4, -0.2) is 23.1 Å². The Balaban J connectivity index is 1.51. The molecular formula is C30H21N3O4. The second-order valence-electron chi connectivity index (χ2n) is 9.32. The summed E-state index contributed by atoms with van der Waals surface area (Å²) in [5, 5.41) is 0. The SMILES string of the molecule is NC(c1cccc2c1C(=O)c1ccccc1C2=O)C(N)(N)c1cccc2c1C(=O)c1ccccc1C2=O. The maximum atomic E-state index is 13.5. The van der Waals surface area contributed by atoms with Gasteiger partial charge >= 0.3 is 0 Å². The summed E-state index contributed by atoms with van der Waals surface area (Å²) in [5.74, 6) is -1.36. The Morgan fingerprint density at radius 2 is 0.892 bits per heavy atom. The monoisotopic (exact) mass is 487 g/mol. The van der Waals surface area contributed by atoms with Crippen molar-refractivity contribution in [1.29, 1.82) is 0 Å². The first kappa shape index (κ1) is 22.9. The van der Waals surface area contributed by atoms with Crippen LogP contribution in [0.4, 0.5) is 0 Å². The molecule has 0 bridgehead atoms. The van der Waals surface area contributed by atoms with E-state index in [-0.39, 0.29) is 67.6 Å². The highest BCUT2D eigenvalue weighted by molar-refractivity contribution is 6.30. The second-order valence-corrected chi connectivity index (χ2v) is 9.32. The highest BCUT2D eigenvalue weighted by Gasteiger charge is 2.42. The highest BCUT2D eigenvalue weighted by atomic mass is 16.1. The van der Waals surface area contributed by atoms with Gasteiger partial charge in [0.1, 0.15) is 5.66 Å². The van der Waals surface area contributed by atoms with Crippen LogP contribution in [0.2, 0.25) is 0 Å². The number of fused-ring (bicyclic) bond motifs is 4. The molecule has 2 aliphatic rings. The van der Waals surface area contributed by atoms with Crippen molar-refractivity contribution in [2.24, 2.45) is 17.2 Å². The molecule has 0 heterocycles. The Bertz CT molecular complexity index is 1700. The number of benzene rings is 4. The molecule has 0 saturated carbocycles. The van der Waals surface area contributed by atoms with Gasteiger partial charge in [-0.2, -0.15) is 0 Å². The van der Waals surface area contributed by atoms with Gasteiger partial charge in [-0.05, 0) is 11.1 Å². The van der Waals surface area contributed by atoms with Crippen LogP contribution >= 0.6 is 0 Å². The van der Waals surface area contributed by atoms with Crippen molar-refractivity contribution in [2.45, 2.75) is 11.7 Å². The van der Waals surface area contributed by atoms with Crippen LogP contribution in [0.15, 0.2) is 84.9 Å². The predicted molar refractivity (Wildman–Crippen MR) is 136 cm³/mol. The Labute approximate surface area is 211 Å². The van der Waals surface area contributed by atoms with Crippen LogP contribution in [0.1, 0.15) is 80.9 Å². The molecule has 7 nitrogen and oxygen atoms in total. The summed E-state index contributed by atoms with van der Waals surface area (Å²) in [6, 6.07) is 21.5. The minimum Gasteiger partial charge on any atom is -0.321 e. The fourth-order valence-corrected chi connectivity index (χ4v) is 5.36. The lowest BCUT2D eigenvalue weighted by molar-refractivity contribution is 0.0975. The molecule has 1 atom stereocenters. The molecule has 0 saturated heterocycles. The number of ketones is 4. The summed E-state index contributed by atoms with van der Waals surface area (Å²) >= 11 is 0. The quantitative estimate of drug-likeness (QED) is 0.325. The third-order valence-electron chi connectivity index (χ3n) is 7.25. The lowest BCUT2D eigenvalue weighted by Crippen LogP contribution is -2.55. The van der Waals surface area contributed by atoms with Crippen LogP contribution in [0, 0.1) is 0 Å². The zero-order chi connectivity index (χ0) is 26.1. The topological polar surface area (TPSA) is 146 Å². The van der Waals surface area contributed by atoms with Crippen LogP contribution in [0.5, 0.6) is 0 Å². The van der Waals surface area contributed by atoms with Gasteiger partial charge in [0.25, 0.3) is 0 Å². The van der Waals surface area contributed by atoms with Crippen molar-refractivity contribution in [1.82, 2.24) is 0 Å². The normalized spacial score (nSPS) is 15.0. The summed E-state index contributed by atoms with van der Waals surface area (Å²) in [4.78, 5) is 53.5.